The minimum absolute atomic E-state index is 0.0623. The van der Waals surface area contributed by atoms with E-state index in [-0.39, 0.29) is 5.91 Å². The van der Waals surface area contributed by atoms with E-state index in [4.69, 9.17) is 4.99 Å². The summed E-state index contributed by atoms with van der Waals surface area (Å²) in [5.41, 5.74) is -0.596. The molecule has 0 atom stereocenters. The lowest BCUT2D eigenvalue weighted by atomic mass is 9.84. The molecule has 0 saturated carbocycles. The zero-order valence-corrected chi connectivity index (χ0v) is 16.9. The van der Waals surface area contributed by atoms with Crippen LogP contribution in [0.5, 0.6) is 0 Å². The van der Waals surface area contributed by atoms with Crippen LogP contribution in [0.1, 0.15) is 38.8 Å². The van der Waals surface area contributed by atoms with Gasteiger partial charge < -0.3 is 15.1 Å². The van der Waals surface area contributed by atoms with Crippen molar-refractivity contribution < 1.29 is 18.0 Å². The van der Waals surface area contributed by atoms with E-state index in [1.807, 2.05) is 20.8 Å². The Balaban J connectivity index is 2.14. The fourth-order valence-corrected chi connectivity index (χ4v) is 3.14. The van der Waals surface area contributed by atoms with Gasteiger partial charge in [0, 0.05) is 45.1 Å². The van der Waals surface area contributed by atoms with Crippen LogP contribution in [0.4, 0.5) is 13.2 Å². The van der Waals surface area contributed by atoms with Crippen LogP contribution in [0.15, 0.2) is 29.3 Å². The van der Waals surface area contributed by atoms with Crippen molar-refractivity contribution in [2.75, 3.05) is 39.3 Å². The molecule has 0 spiro atoms. The van der Waals surface area contributed by atoms with E-state index in [1.54, 1.807) is 17.9 Å². The molecule has 1 saturated heterocycles. The number of carbonyl (C=O) groups excluding carboxylic acids is 1. The molecular weight excluding hydrogens is 369 g/mol. The SMILES string of the molecule is CCNC(=NCC(C)(C)c1cccc(C(F)(F)F)c1)N1CCN(C(C)=O)CC1. The summed E-state index contributed by atoms with van der Waals surface area (Å²) in [7, 11) is 0. The molecule has 1 aliphatic heterocycles. The topological polar surface area (TPSA) is 47.9 Å². The molecular formula is C20H29F3N4O. The van der Waals surface area contributed by atoms with Gasteiger partial charge >= 0.3 is 6.18 Å². The predicted octanol–water partition coefficient (Wildman–Crippen LogP) is 3.11. The van der Waals surface area contributed by atoms with Crippen molar-refractivity contribution in [2.45, 2.75) is 39.3 Å². The molecule has 1 fully saturated rings. The Morgan fingerprint density at radius 1 is 1.11 bits per heavy atom. The van der Waals surface area contributed by atoms with Gasteiger partial charge in [0.05, 0.1) is 12.1 Å². The third kappa shape index (κ3) is 5.62. The van der Waals surface area contributed by atoms with E-state index in [2.05, 4.69) is 10.2 Å². The van der Waals surface area contributed by atoms with E-state index in [0.717, 1.165) is 12.0 Å². The maximum absolute atomic E-state index is 13.0. The van der Waals surface area contributed by atoms with Crippen LogP contribution < -0.4 is 5.32 Å². The highest BCUT2D eigenvalue weighted by Gasteiger charge is 2.32. The lowest BCUT2D eigenvalue weighted by molar-refractivity contribution is -0.137. The standard InChI is InChI=1S/C20H29F3N4O/c1-5-24-18(27-11-9-26(10-12-27)15(2)28)25-14-19(3,4)16-7-6-8-17(13-16)20(21,22)23/h6-8,13H,5,9-12,14H2,1-4H3,(H,24,25). The first kappa shape index (κ1) is 22.0. The molecule has 8 heteroatoms. The molecule has 1 aromatic rings. The number of carbonyl (C=O) groups is 1. The average molecular weight is 398 g/mol. The van der Waals surface area contributed by atoms with Gasteiger partial charge in [-0.25, -0.2) is 0 Å². The number of amides is 1. The number of alkyl halides is 3. The van der Waals surface area contributed by atoms with Crippen molar-refractivity contribution in [1.29, 1.82) is 0 Å². The van der Waals surface area contributed by atoms with Crippen LogP contribution in [-0.2, 0) is 16.4 Å². The Labute approximate surface area is 164 Å². The predicted molar refractivity (Wildman–Crippen MR) is 104 cm³/mol. The summed E-state index contributed by atoms with van der Waals surface area (Å²) in [6, 6.07) is 5.44. The number of halogens is 3. The summed E-state index contributed by atoms with van der Waals surface area (Å²) in [5.74, 6) is 0.790. The van der Waals surface area contributed by atoms with Gasteiger partial charge in [0.15, 0.2) is 5.96 Å². The van der Waals surface area contributed by atoms with Crippen LogP contribution >= 0.6 is 0 Å². The van der Waals surface area contributed by atoms with E-state index < -0.39 is 17.2 Å². The molecule has 0 bridgehead atoms. The van der Waals surface area contributed by atoms with Crippen molar-refractivity contribution in [3.63, 3.8) is 0 Å². The maximum Gasteiger partial charge on any atom is 0.416 e. The van der Waals surface area contributed by atoms with E-state index >= 15 is 0 Å². The first-order valence-electron chi connectivity index (χ1n) is 9.51. The molecule has 28 heavy (non-hydrogen) atoms. The molecule has 1 aliphatic rings. The minimum Gasteiger partial charge on any atom is -0.357 e. The summed E-state index contributed by atoms with van der Waals surface area (Å²) in [6.07, 6.45) is -4.36. The van der Waals surface area contributed by atoms with Gasteiger partial charge in [0.25, 0.3) is 0 Å². The van der Waals surface area contributed by atoms with Gasteiger partial charge in [-0.3, -0.25) is 9.79 Å². The van der Waals surface area contributed by atoms with Gasteiger partial charge in [-0.1, -0.05) is 32.0 Å². The quantitative estimate of drug-likeness (QED) is 0.626. The minimum atomic E-state index is -4.36. The Morgan fingerprint density at radius 2 is 1.68 bits per heavy atom. The van der Waals surface area contributed by atoms with Crippen LogP contribution in [0.25, 0.3) is 0 Å². The third-order valence-electron chi connectivity index (χ3n) is 4.95. The van der Waals surface area contributed by atoms with Crippen molar-refractivity contribution in [1.82, 2.24) is 15.1 Å². The van der Waals surface area contributed by atoms with Crippen molar-refractivity contribution in [3.05, 3.63) is 35.4 Å². The molecule has 0 aromatic heterocycles. The molecule has 156 valence electrons. The van der Waals surface area contributed by atoms with Gasteiger partial charge in [0.1, 0.15) is 0 Å². The third-order valence-corrected chi connectivity index (χ3v) is 4.95. The van der Waals surface area contributed by atoms with Gasteiger partial charge in [-0.05, 0) is 18.6 Å². The van der Waals surface area contributed by atoms with Gasteiger partial charge in [0.2, 0.25) is 5.91 Å². The Hall–Kier alpha value is -2.25. The first-order chi connectivity index (χ1) is 13.0. The summed E-state index contributed by atoms with van der Waals surface area (Å²) in [6.45, 7) is 11.0. The zero-order chi connectivity index (χ0) is 20.9. The second-order valence-corrected chi connectivity index (χ2v) is 7.63. The summed E-state index contributed by atoms with van der Waals surface area (Å²) < 4.78 is 39.1. The van der Waals surface area contributed by atoms with Crippen LogP contribution in [0.3, 0.4) is 0 Å². The van der Waals surface area contributed by atoms with E-state index in [9.17, 15) is 18.0 Å². The summed E-state index contributed by atoms with van der Waals surface area (Å²) >= 11 is 0. The summed E-state index contributed by atoms with van der Waals surface area (Å²) in [4.78, 5) is 20.1. The fourth-order valence-electron chi connectivity index (χ4n) is 3.14. The average Bonchev–Trinajstić information content (AvgIpc) is 2.64. The molecule has 1 heterocycles. The molecule has 1 aromatic carbocycles. The Bertz CT molecular complexity index is 708. The number of benzene rings is 1. The smallest absolute Gasteiger partial charge is 0.357 e. The number of nitrogens with zero attached hydrogens (tertiary/aromatic N) is 3. The van der Waals surface area contributed by atoms with Crippen molar-refractivity contribution in [3.8, 4) is 0 Å². The number of piperazine rings is 1. The number of nitrogens with one attached hydrogen (secondary N) is 1. The number of guanidine groups is 1. The molecule has 5 nitrogen and oxygen atoms in total. The lowest BCUT2D eigenvalue weighted by Crippen LogP contribution is -2.53. The van der Waals surface area contributed by atoms with E-state index in [0.29, 0.717) is 44.8 Å². The zero-order valence-electron chi connectivity index (χ0n) is 16.9. The largest absolute Gasteiger partial charge is 0.416 e. The molecule has 0 aliphatic carbocycles. The highest BCUT2D eigenvalue weighted by Crippen LogP contribution is 2.33. The number of hydrogen-bond acceptors (Lipinski definition) is 2. The second-order valence-electron chi connectivity index (χ2n) is 7.63. The Morgan fingerprint density at radius 3 is 2.21 bits per heavy atom. The first-order valence-corrected chi connectivity index (χ1v) is 9.51. The summed E-state index contributed by atoms with van der Waals surface area (Å²) in [5, 5.41) is 3.25. The van der Waals surface area contributed by atoms with Crippen LogP contribution in [0.2, 0.25) is 0 Å². The highest BCUT2D eigenvalue weighted by molar-refractivity contribution is 5.80. The maximum atomic E-state index is 13.0. The van der Waals surface area contributed by atoms with Crippen molar-refractivity contribution in [2.24, 2.45) is 4.99 Å². The molecule has 1 amide bonds. The van der Waals surface area contributed by atoms with E-state index in [1.165, 1.54) is 12.1 Å². The normalized spacial score (nSPS) is 16.3. The highest BCUT2D eigenvalue weighted by atomic mass is 19.4. The van der Waals surface area contributed by atoms with Gasteiger partial charge in [-0.15, -0.1) is 0 Å². The second kappa shape index (κ2) is 8.84. The molecule has 2 rings (SSSR count). The number of rotatable bonds is 4. The lowest BCUT2D eigenvalue weighted by Gasteiger charge is -2.36. The van der Waals surface area contributed by atoms with Gasteiger partial charge in [-0.2, -0.15) is 13.2 Å². The monoisotopic (exact) mass is 398 g/mol. The Kier molecular flexibility index (Phi) is 6.96. The van der Waals surface area contributed by atoms with Crippen LogP contribution in [-0.4, -0.2) is 60.9 Å². The molecule has 1 N–H and O–H groups in total. The molecule has 0 radical (unpaired) electrons. The number of hydrogen-bond donors (Lipinski definition) is 1. The fraction of sp³-hybridized carbons (Fsp3) is 0.600. The number of aliphatic imine (C=N–C) groups is 1. The van der Waals surface area contributed by atoms with Crippen molar-refractivity contribution >= 4 is 11.9 Å². The molecule has 0 unspecified atom stereocenters. The van der Waals surface area contributed by atoms with Crippen LogP contribution in [0, 0.1) is 0 Å².